The molecule has 0 spiro atoms. The first kappa shape index (κ1) is 14.8. The Balaban J connectivity index is 1.79. The Labute approximate surface area is 122 Å². The summed E-state index contributed by atoms with van der Waals surface area (Å²) in [6.07, 6.45) is 0.645. The molecule has 1 aliphatic heterocycles. The molecule has 0 saturated carbocycles. The molecule has 0 atom stereocenters. The molecule has 1 aromatic carbocycles. The monoisotopic (exact) mass is 272 g/mol. The highest BCUT2D eigenvalue weighted by atomic mass is 15.3. The molecular weight excluding hydrogens is 248 g/mol. The third-order valence-electron chi connectivity index (χ3n) is 3.86. The van der Waals surface area contributed by atoms with Crippen molar-refractivity contribution in [1.82, 2.24) is 9.80 Å². The molecule has 2 rings (SSSR count). The Bertz CT molecular complexity index is 439. The lowest BCUT2D eigenvalue weighted by molar-refractivity contribution is 0.129. The van der Waals surface area contributed by atoms with Crippen molar-refractivity contribution in [2.45, 2.75) is 13.0 Å². The number of hydrogen-bond donors (Lipinski definition) is 0. The molecule has 4 nitrogen and oxygen atoms in total. The van der Waals surface area contributed by atoms with E-state index in [1.807, 2.05) is 0 Å². The van der Waals surface area contributed by atoms with Gasteiger partial charge in [0.2, 0.25) is 0 Å². The fourth-order valence-corrected chi connectivity index (χ4v) is 2.54. The van der Waals surface area contributed by atoms with Crippen LogP contribution >= 0.6 is 0 Å². The number of nitriles is 1. The van der Waals surface area contributed by atoms with Crippen LogP contribution in [0.4, 0.5) is 5.69 Å². The second-order valence-corrected chi connectivity index (χ2v) is 5.59. The van der Waals surface area contributed by atoms with Crippen LogP contribution in [0.15, 0.2) is 24.3 Å². The Morgan fingerprint density at radius 2 is 1.65 bits per heavy atom. The number of hydrogen-bond acceptors (Lipinski definition) is 4. The second-order valence-electron chi connectivity index (χ2n) is 5.59. The highest BCUT2D eigenvalue weighted by molar-refractivity contribution is 5.45. The second kappa shape index (κ2) is 7.28. The molecule has 4 heteroatoms. The zero-order chi connectivity index (χ0) is 14.4. The van der Waals surface area contributed by atoms with E-state index in [4.69, 9.17) is 5.26 Å². The van der Waals surface area contributed by atoms with E-state index in [1.54, 1.807) is 0 Å². The number of rotatable bonds is 5. The maximum absolute atomic E-state index is 8.61. The normalized spacial score (nSPS) is 16.9. The van der Waals surface area contributed by atoms with Gasteiger partial charge in [-0.15, -0.1) is 0 Å². The smallest absolute Gasteiger partial charge is 0.0635 e. The van der Waals surface area contributed by atoms with Gasteiger partial charge in [-0.05, 0) is 17.7 Å². The molecule has 1 saturated heterocycles. The van der Waals surface area contributed by atoms with Crippen molar-refractivity contribution in [3.05, 3.63) is 29.8 Å². The molecule has 1 heterocycles. The van der Waals surface area contributed by atoms with Crippen LogP contribution in [0.3, 0.4) is 0 Å². The number of piperazine rings is 1. The van der Waals surface area contributed by atoms with Gasteiger partial charge in [0.15, 0.2) is 0 Å². The molecule has 0 aromatic heterocycles. The quantitative estimate of drug-likeness (QED) is 0.818. The van der Waals surface area contributed by atoms with Crippen LogP contribution in [-0.4, -0.2) is 56.6 Å². The summed E-state index contributed by atoms with van der Waals surface area (Å²) in [4.78, 5) is 7.00. The van der Waals surface area contributed by atoms with Crippen molar-refractivity contribution in [3.8, 4) is 6.07 Å². The van der Waals surface area contributed by atoms with Gasteiger partial charge in [0, 0.05) is 65.5 Å². The van der Waals surface area contributed by atoms with Crippen LogP contribution in [0.2, 0.25) is 0 Å². The van der Waals surface area contributed by atoms with Crippen molar-refractivity contribution in [1.29, 1.82) is 5.26 Å². The SMILES string of the molecule is CN(C)c1ccc(CN2CCN(CCC#N)CC2)cc1. The summed E-state index contributed by atoms with van der Waals surface area (Å²) in [7, 11) is 4.13. The first-order chi connectivity index (χ1) is 9.69. The fraction of sp³-hybridized carbons (Fsp3) is 0.562. The lowest BCUT2D eigenvalue weighted by Crippen LogP contribution is -2.46. The van der Waals surface area contributed by atoms with Crippen molar-refractivity contribution >= 4 is 5.69 Å². The molecule has 1 fully saturated rings. The summed E-state index contributed by atoms with van der Waals surface area (Å²) in [5.74, 6) is 0. The minimum atomic E-state index is 0.645. The Kier molecular flexibility index (Phi) is 5.40. The molecule has 0 amide bonds. The van der Waals surface area contributed by atoms with Crippen LogP contribution in [0.1, 0.15) is 12.0 Å². The molecule has 1 aromatic rings. The molecule has 108 valence electrons. The average Bonchev–Trinajstić information content (AvgIpc) is 2.47. The average molecular weight is 272 g/mol. The van der Waals surface area contributed by atoms with E-state index in [-0.39, 0.29) is 0 Å². The molecular formula is C16H24N4. The van der Waals surface area contributed by atoms with Gasteiger partial charge >= 0.3 is 0 Å². The van der Waals surface area contributed by atoms with E-state index in [0.29, 0.717) is 6.42 Å². The van der Waals surface area contributed by atoms with Gasteiger partial charge in [0.05, 0.1) is 6.07 Å². The standard InChI is InChI=1S/C16H24N4/c1-18(2)16-6-4-15(5-7-16)14-20-12-10-19(11-13-20)9-3-8-17/h4-7H,3,9-14H2,1-2H3. The topological polar surface area (TPSA) is 33.5 Å². The predicted octanol–water partition coefficient (Wildman–Crippen LogP) is 1.78. The number of nitrogens with zero attached hydrogens (tertiary/aromatic N) is 4. The third-order valence-corrected chi connectivity index (χ3v) is 3.86. The first-order valence-electron chi connectivity index (χ1n) is 7.27. The van der Waals surface area contributed by atoms with Crippen molar-refractivity contribution in [2.24, 2.45) is 0 Å². The number of benzene rings is 1. The van der Waals surface area contributed by atoms with Crippen LogP contribution in [0, 0.1) is 11.3 Å². The van der Waals surface area contributed by atoms with E-state index in [9.17, 15) is 0 Å². The zero-order valence-corrected chi connectivity index (χ0v) is 12.5. The highest BCUT2D eigenvalue weighted by Crippen LogP contribution is 2.14. The first-order valence-corrected chi connectivity index (χ1v) is 7.27. The van der Waals surface area contributed by atoms with Gasteiger partial charge in [-0.25, -0.2) is 0 Å². The maximum atomic E-state index is 8.61. The van der Waals surface area contributed by atoms with Gasteiger partial charge in [-0.3, -0.25) is 9.80 Å². The van der Waals surface area contributed by atoms with Crippen molar-refractivity contribution in [2.75, 3.05) is 51.7 Å². The molecule has 20 heavy (non-hydrogen) atoms. The minimum Gasteiger partial charge on any atom is -0.378 e. The molecule has 0 N–H and O–H groups in total. The van der Waals surface area contributed by atoms with E-state index >= 15 is 0 Å². The van der Waals surface area contributed by atoms with E-state index in [0.717, 1.165) is 39.3 Å². The van der Waals surface area contributed by atoms with Crippen LogP contribution in [0.25, 0.3) is 0 Å². The summed E-state index contributed by atoms with van der Waals surface area (Å²) in [5, 5.41) is 8.61. The summed E-state index contributed by atoms with van der Waals surface area (Å²) in [6.45, 7) is 6.30. The highest BCUT2D eigenvalue weighted by Gasteiger charge is 2.16. The van der Waals surface area contributed by atoms with Crippen molar-refractivity contribution in [3.63, 3.8) is 0 Å². The Morgan fingerprint density at radius 3 is 2.20 bits per heavy atom. The Morgan fingerprint density at radius 1 is 1.05 bits per heavy atom. The lowest BCUT2D eigenvalue weighted by Gasteiger charge is -2.34. The van der Waals surface area contributed by atoms with Gasteiger partial charge in [0.25, 0.3) is 0 Å². The van der Waals surface area contributed by atoms with Crippen LogP contribution in [-0.2, 0) is 6.54 Å². The largest absolute Gasteiger partial charge is 0.378 e. The summed E-state index contributed by atoms with van der Waals surface area (Å²) in [6, 6.07) is 11.0. The van der Waals surface area contributed by atoms with Gasteiger partial charge in [0.1, 0.15) is 0 Å². The minimum absolute atomic E-state index is 0.645. The maximum Gasteiger partial charge on any atom is 0.0635 e. The number of anilines is 1. The van der Waals surface area contributed by atoms with Crippen LogP contribution < -0.4 is 4.90 Å². The van der Waals surface area contributed by atoms with Gasteiger partial charge in [-0.1, -0.05) is 12.1 Å². The van der Waals surface area contributed by atoms with E-state index in [2.05, 4.69) is 59.1 Å². The molecule has 0 unspecified atom stereocenters. The van der Waals surface area contributed by atoms with E-state index in [1.165, 1.54) is 11.3 Å². The summed E-state index contributed by atoms with van der Waals surface area (Å²) < 4.78 is 0. The molecule has 0 aliphatic carbocycles. The zero-order valence-electron chi connectivity index (χ0n) is 12.5. The lowest BCUT2D eigenvalue weighted by atomic mass is 10.1. The summed E-state index contributed by atoms with van der Waals surface area (Å²) >= 11 is 0. The fourth-order valence-electron chi connectivity index (χ4n) is 2.54. The molecule has 0 radical (unpaired) electrons. The van der Waals surface area contributed by atoms with Gasteiger partial charge < -0.3 is 4.90 Å². The Hall–Kier alpha value is -1.57. The molecule has 1 aliphatic rings. The van der Waals surface area contributed by atoms with Crippen molar-refractivity contribution < 1.29 is 0 Å². The summed E-state index contributed by atoms with van der Waals surface area (Å²) in [5.41, 5.74) is 2.62. The third kappa shape index (κ3) is 4.22. The molecule has 0 bridgehead atoms. The van der Waals surface area contributed by atoms with Gasteiger partial charge in [-0.2, -0.15) is 5.26 Å². The predicted molar refractivity (Wildman–Crippen MR) is 82.7 cm³/mol. The van der Waals surface area contributed by atoms with Crippen LogP contribution in [0.5, 0.6) is 0 Å². The van der Waals surface area contributed by atoms with E-state index < -0.39 is 0 Å².